The van der Waals surface area contributed by atoms with Crippen LogP contribution in [0.3, 0.4) is 0 Å². The molecule has 1 aliphatic heterocycles. The molecule has 5 rings (SSSR count). The van der Waals surface area contributed by atoms with Crippen LogP contribution < -0.4 is 0 Å². The Hall–Kier alpha value is -7.92. The molecule has 480 valence electrons. The van der Waals surface area contributed by atoms with Gasteiger partial charge in [-0.05, 0) is 85.5 Å². The molecule has 20 nitrogen and oxygen atoms in total. The van der Waals surface area contributed by atoms with Crippen molar-refractivity contribution in [1.29, 1.82) is 0 Å². The lowest BCUT2D eigenvalue weighted by atomic mass is 9.99. The molecule has 0 saturated carbocycles. The summed E-state index contributed by atoms with van der Waals surface area (Å²) in [6.45, 7) is 16.9. The molecule has 4 amide bonds. The van der Waals surface area contributed by atoms with E-state index in [0.29, 0.717) is 22.3 Å². The number of esters is 4. The lowest BCUT2D eigenvalue weighted by Gasteiger charge is -2.35. The van der Waals surface area contributed by atoms with Crippen LogP contribution in [0.4, 0.5) is 17.6 Å². The number of carbonyl (C=O) groups excluding carboxylic acids is 8. The fourth-order valence-corrected chi connectivity index (χ4v) is 10.3. The number of likely N-dealkylation sites (N-methyl/N-ethyl adjacent to an activating group) is 4. The van der Waals surface area contributed by atoms with Gasteiger partial charge in [-0.2, -0.15) is 0 Å². The predicted octanol–water partition coefficient (Wildman–Crippen LogP) is 8.30. The van der Waals surface area contributed by atoms with Crippen molar-refractivity contribution < 1.29 is 74.9 Å². The van der Waals surface area contributed by atoms with Crippen LogP contribution in [0, 0.1) is 23.7 Å². The third kappa shape index (κ3) is 19.5. The molecule has 0 bridgehead atoms. The Bertz CT molecular complexity index is 2830. The Kier molecular flexibility index (Phi) is 26.0. The number of carbonyl (C=O) groups is 8. The molecule has 1 fully saturated rings. The first-order valence-electron chi connectivity index (χ1n) is 29.6. The number of cyclic esters (lactones) is 4. The highest BCUT2D eigenvalue weighted by atomic mass is 19.3. The Labute approximate surface area is 512 Å². The van der Waals surface area contributed by atoms with Crippen molar-refractivity contribution in [2.45, 2.75) is 182 Å². The molecule has 24 heteroatoms. The first-order chi connectivity index (χ1) is 41.4. The van der Waals surface area contributed by atoms with Gasteiger partial charge >= 0.3 is 23.9 Å². The summed E-state index contributed by atoms with van der Waals surface area (Å²) in [5, 5.41) is 0. The molecule has 88 heavy (non-hydrogen) atoms. The SMILES string of the molecule is CC(C)C[C@H]1C(=O)O[C@H](Cc2ccc(Cc3cncnc3C(F)F)cc2)C(=O)N(C)[C@@H](CC(C)C)C(=O)O[C@H](C)C(=O)N(C)[C@@H](CC(C)C)C(=O)O[C@H](Cc2ccc(Cc3cncnc3C(F)F)cc2)C(=O)N(C)[C@@H](CC(C)C)C(=O)O[C@H](C)C(=O)N1C. The third-order valence-corrected chi connectivity index (χ3v) is 15.2. The summed E-state index contributed by atoms with van der Waals surface area (Å²) in [5.41, 5.74) is 1.63. The Balaban J connectivity index is 1.59. The quantitative estimate of drug-likeness (QED) is 0.0517. The molecule has 3 heterocycles. The average molecular weight is 1230 g/mol. The van der Waals surface area contributed by atoms with Crippen molar-refractivity contribution in [2.24, 2.45) is 23.7 Å². The fraction of sp³-hybridized carbons (Fsp3) is 0.562. The van der Waals surface area contributed by atoms with Gasteiger partial charge in [0.1, 0.15) is 48.2 Å². The van der Waals surface area contributed by atoms with Gasteiger partial charge < -0.3 is 38.5 Å². The largest absolute Gasteiger partial charge is 0.451 e. The summed E-state index contributed by atoms with van der Waals surface area (Å²) in [6.07, 6.45) is -8.03. The maximum absolute atomic E-state index is 15.0. The van der Waals surface area contributed by atoms with Gasteiger partial charge in [0.25, 0.3) is 36.5 Å². The molecule has 1 aliphatic rings. The minimum absolute atomic E-state index is 0.00461. The van der Waals surface area contributed by atoms with Crippen LogP contribution in [0.1, 0.15) is 153 Å². The van der Waals surface area contributed by atoms with Crippen LogP contribution in [0.2, 0.25) is 0 Å². The minimum atomic E-state index is -2.85. The second-order valence-electron chi connectivity index (χ2n) is 24.2. The van der Waals surface area contributed by atoms with E-state index in [1.54, 1.807) is 104 Å². The van der Waals surface area contributed by atoms with Gasteiger partial charge in [0.2, 0.25) is 0 Å². The van der Waals surface area contributed by atoms with Crippen molar-refractivity contribution in [3.8, 4) is 0 Å². The summed E-state index contributed by atoms with van der Waals surface area (Å²) >= 11 is 0. The minimum Gasteiger partial charge on any atom is -0.451 e. The average Bonchev–Trinajstić information content (AvgIpc) is 1.51. The van der Waals surface area contributed by atoms with Gasteiger partial charge in [0, 0.05) is 77.4 Å². The summed E-state index contributed by atoms with van der Waals surface area (Å²) in [7, 11) is 5.27. The van der Waals surface area contributed by atoms with E-state index in [1.807, 2.05) is 0 Å². The molecule has 8 atom stereocenters. The molecule has 1 saturated heterocycles. The first-order valence-corrected chi connectivity index (χ1v) is 29.6. The van der Waals surface area contributed by atoms with Gasteiger partial charge in [-0.25, -0.2) is 56.7 Å². The molecule has 0 radical (unpaired) electrons. The zero-order valence-electron chi connectivity index (χ0n) is 52.7. The third-order valence-electron chi connectivity index (χ3n) is 15.2. The zero-order valence-corrected chi connectivity index (χ0v) is 52.7. The number of hydrogen-bond donors (Lipinski definition) is 0. The molecule has 0 N–H and O–H groups in total. The Morgan fingerprint density at radius 1 is 0.409 bits per heavy atom. The van der Waals surface area contributed by atoms with Gasteiger partial charge in [-0.1, -0.05) is 104 Å². The van der Waals surface area contributed by atoms with E-state index in [1.165, 1.54) is 54.4 Å². The Morgan fingerprint density at radius 3 is 0.943 bits per heavy atom. The van der Waals surface area contributed by atoms with Crippen LogP contribution >= 0.6 is 0 Å². The smallest absolute Gasteiger partial charge is 0.329 e. The van der Waals surface area contributed by atoms with Crippen LogP contribution in [-0.2, 0) is 83.0 Å². The standard InChI is InChI=1S/C64H84F4N8O12/c1-35(2)23-47-61(81)85-39(9)57(77)73(11)50(26-38(7)8)64(84)88-52(30-44-21-17-42(18-22-44)28-46-32-70-34-72-54(46)56(67)68)60(80)76(14)48(24-36(3)4)62(82)86-40(10)58(78)74(12)49(25-37(5)6)63(83)87-51(59(79)75(47)13)29-43-19-15-41(16-20-43)27-45-31-69-33-71-53(45)55(65)66/h15-22,31-40,47-52,55-56H,23-30H2,1-14H3/t39-,40-,47+,48+,49+,50+,51-,52-/m1/s1. The highest BCUT2D eigenvalue weighted by molar-refractivity contribution is 5.94. The maximum Gasteiger partial charge on any atom is 0.329 e. The zero-order chi connectivity index (χ0) is 65.4. The maximum atomic E-state index is 15.0. The highest BCUT2D eigenvalue weighted by Gasteiger charge is 2.43. The van der Waals surface area contributed by atoms with E-state index in [2.05, 4.69) is 19.9 Å². The van der Waals surface area contributed by atoms with Crippen molar-refractivity contribution in [2.75, 3.05) is 28.2 Å². The normalized spacial score (nSPS) is 22.3. The number of benzene rings is 2. The monoisotopic (exact) mass is 1230 g/mol. The second-order valence-corrected chi connectivity index (χ2v) is 24.2. The number of hydrogen-bond acceptors (Lipinski definition) is 16. The van der Waals surface area contributed by atoms with Gasteiger partial charge in [0.15, 0.2) is 24.4 Å². The summed E-state index contributed by atoms with van der Waals surface area (Å²) < 4.78 is 79.4. The van der Waals surface area contributed by atoms with Crippen molar-refractivity contribution in [3.05, 3.63) is 118 Å². The second kappa shape index (κ2) is 32.3. The first kappa shape index (κ1) is 70.8. The summed E-state index contributed by atoms with van der Waals surface area (Å²) in [6, 6.07) is 7.51. The van der Waals surface area contributed by atoms with Crippen molar-refractivity contribution >= 4 is 47.5 Å². The number of halogens is 4. The number of aromatic nitrogens is 4. The Morgan fingerprint density at radius 2 is 0.670 bits per heavy atom. The summed E-state index contributed by atoms with van der Waals surface area (Å²) in [4.78, 5) is 137. The molecular weight excluding hydrogens is 1150 g/mol. The van der Waals surface area contributed by atoms with Crippen molar-refractivity contribution in [3.63, 3.8) is 0 Å². The lowest BCUT2D eigenvalue weighted by Crippen LogP contribution is -2.55. The predicted molar refractivity (Wildman–Crippen MR) is 315 cm³/mol. The number of ether oxygens (including phenoxy) is 4. The topological polar surface area (TPSA) is 238 Å². The van der Waals surface area contributed by atoms with E-state index < -0.39 is 120 Å². The van der Waals surface area contributed by atoms with Crippen LogP contribution in [0.15, 0.2) is 73.6 Å². The number of alkyl halides is 4. The van der Waals surface area contributed by atoms with Gasteiger partial charge in [-0.15, -0.1) is 0 Å². The molecule has 0 aliphatic carbocycles. The molecule has 2 aromatic heterocycles. The molecule has 2 aromatic carbocycles. The number of amides is 4. The summed E-state index contributed by atoms with van der Waals surface area (Å²) in [5.74, 6) is -8.53. The van der Waals surface area contributed by atoms with E-state index in [0.717, 1.165) is 32.3 Å². The molecule has 4 aromatic rings. The van der Waals surface area contributed by atoms with E-state index in [-0.39, 0.29) is 86.2 Å². The van der Waals surface area contributed by atoms with E-state index in [4.69, 9.17) is 18.9 Å². The van der Waals surface area contributed by atoms with Gasteiger partial charge in [-0.3, -0.25) is 19.2 Å². The van der Waals surface area contributed by atoms with Crippen LogP contribution in [-0.4, -0.2) is 164 Å². The lowest BCUT2D eigenvalue weighted by molar-refractivity contribution is -0.176. The van der Waals surface area contributed by atoms with Crippen LogP contribution in [0.5, 0.6) is 0 Å². The van der Waals surface area contributed by atoms with E-state index in [9.17, 15) is 46.3 Å². The van der Waals surface area contributed by atoms with Gasteiger partial charge in [0.05, 0.1) is 0 Å². The molecule has 0 unspecified atom stereocenters. The van der Waals surface area contributed by atoms with E-state index >= 15 is 9.59 Å². The molecule has 0 spiro atoms. The number of rotatable bonds is 18. The molecular formula is C64H84F4N8O12. The number of nitrogens with zero attached hydrogens (tertiary/aromatic N) is 8. The van der Waals surface area contributed by atoms with Crippen molar-refractivity contribution in [1.82, 2.24) is 39.5 Å². The van der Waals surface area contributed by atoms with Crippen LogP contribution in [0.25, 0.3) is 0 Å². The fourth-order valence-electron chi connectivity index (χ4n) is 10.3. The highest BCUT2D eigenvalue weighted by Crippen LogP contribution is 2.28.